The molecule has 2 aromatic rings. The van der Waals surface area contributed by atoms with Crippen molar-refractivity contribution in [3.63, 3.8) is 0 Å². The number of piperazine rings is 1. The molecule has 3 rings (SSSR count). The Morgan fingerprint density at radius 2 is 1.74 bits per heavy atom. The molecule has 6 nitrogen and oxygen atoms in total. The molecule has 1 fully saturated rings. The minimum atomic E-state index is -0.353. The summed E-state index contributed by atoms with van der Waals surface area (Å²) in [5.74, 6) is 1.37. The summed E-state index contributed by atoms with van der Waals surface area (Å²) in [7, 11) is 0. The highest BCUT2D eigenvalue weighted by atomic mass is 19.1. The van der Waals surface area contributed by atoms with E-state index in [9.17, 15) is 4.39 Å². The van der Waals surface area contributed by atoms with Gasteiger partial charge in [-0.25, -0.2) is 19.3 Å². The van der Waals surface area contributed by atoms with E-state index in [1.165, 1.54) is 0 Å². The third kappa shape index (κ3) is 3.06. The lowest BCUT2D eigenvalue weighted by atomic mass is 10.2. The van der Waals surface area contributed by atoms with Crippen molar-refractivity contribution in [1.29, 1.82) is 5.26 Å². The average molecular weight is 312 g/mol. The van der Waals surface area contributed by atoms with Crippen LogP contribution in [0, 0.1) is 31.0 Å². The summed E-state index contributed by atoms with van der Waals surface area (Å²) in [5, 5.41) is 8.94. The molecule has 23 heavy (non-hydrogen) atoms. The molecule has 0 aliphatic carbocycles. The number of aromatic nitrogens is 3. The lowest BCUT2D eigenvalue weighted by molar-refractivity contribution is 0.570. The summed E-state index contributed by atoms with van der Waals surface area (Å²) in [5.41, 5.74) is 0.774. The summed E-state index contributed by atoms with van der Waals surface area (Å²) in [6, 6.07) is 7.44. The van der Waals surface area contributed by atoms with Crippen LogP contribution in [0.25, 0.3) is 0 Å². The molecule has 1 aliphatic rings. The molecular weight excluding hydrogens is 295 g/mol. The number of hydrogen-bond acceptors (Lipinski definition) is 6. The van der Waals surface area contributed by atoms with Crippen molar-refractivity contribution < 1.29 is 4.39 Å². The molecule has 1 aliphatic heterocycles. The molecule has 0 saturated carbocycles. The molecule has 2 aromatic heterocycles. The highest BCUT2D eigenvalue weighted by Gasteiger charge is 2.23. The van der Waals surface area contributed by atoms with Gasteiger partial charge in [0.05, 0.1) is 5.69 Å². The van der Waals surface area contributed by atoms with Crippen molar-refractivity contribution in [3.8, 4) is 6.07 Å². The van der Waals surface area contributed by atoms with Gasteiger partial charge in [-0.3, -0.25) is 0 Å². The van der Waals surface area contributed by atoms with E-state index >= 15 is 0 Å². The number of halogens is 1. The summed E-state index contributed by atoms with van der Waals surface area (Å²) in [4.78, 5) is 16.6. The maximum atomic E-state index is 14.3. The predicted octanol–water partition coefficient (Wildman–Crippen LogP) is 1.83. The smallest absolute Gasteiger partial charge is 0.186 e. The van der Waals surface area contributed by atoms with E-state index in [-0.39, 0.29) is 5.82 Å². The van der Waals surface area contributed by atoms with Crippen LogP contribution < -0.4 is 9.80 Å². The van der Waals surface area contributed by atoms with E-state index in [4.69, 9.17) is 5.26 Å². The second kappa shape index (κ2) is 6.16. The van der Waals surface area contributed by atoms with E-state index in [2.05, 4.69) is 19.9 Å². The number of rotatable bonds is 2. The van der Waals surface area contributed by atoms with Crippen molar-refractivity contribution in [1.82, 2.24) is 15.0 Å². The highest BCUT2D eigenvalue weighted by molar-refractivity contribution is 5.47. The van der Waals surface area contributed by atoms with Crippen LogP contribution in [0.5, 0.6) is 0 Å². The van der Waals surface area contributed by atoms with Gasteiger partial charge in [-0.1, -0.05) is 6.07 Å². The second-order valence-electron chi connectivity index (χ2n) is 5.46. The number of hydrogen-bond donors (Lipinski definition) is 0. The number of pyridine rings is 1. The van der Waals surface area contributed by atoms with Crippen molar-refractivity contribution in [2.75, 3.05) is 36.0 Å². The molecule has 0 unspecified atom stereocenters. The van der Waals surface area contributed by atoms with Crippen LogP contribution in [0.2, 0.25) is 0 Å². The number of nitrogens with zero attached hydrogens (tertiary/aromatic N) is 6. The fourth-order valence-corrected chi connectivity index (χ4v) is 2.70. The lowest BCUT2D eigenvalue weighted by Crippen LogP contribution is -2.47. The fraction of sp³-hybridized carbons (Fsp3) is 0.375. The van der Waals surface area contributed by atoms with Gasteiger partial charge in [0.1, 0.15) is 23.4 Å². The first-order chi connectivity index (χ1) is 11.1. The van der Waals surface area contributed by atoms with Crippen molar-refractivity contribution in [2.24, 2.45) is 0 Å². The summed E-state index contributed by atoms with van der Waals surface area (Å²) >= 11 is 0. The zero-order valence-electron chi connectivity index (χ0n) is 13.1. The summed E-state index contributed by atoms with van der Waals surface area (Å²) in [6.45, 7) is 6.11. The van der Waals surface area contributed by atoms with Crippen molar-refractivity contribution in [3.05, 3.63) is 41.2 Å². The Labute approximate surface area is 134 Å². The monoisotopic (exact) mass is 312 g/mol. The molecular formula is C16H17FN6. The van der Waals surface area contributed by atoms with Crippen LogP contribution in [0.15, 0.2) is 18.2 Å². The Kier molecular flexibility index (Phi) is 4.06. The normalized spacial score (nSPS) is 14.7. The predicted molar refractivity (Wildman–Crippen MR) is 84.8 cm³/mol. The van der Waals surface area contributed by atoms with Crippen molar-refractivity contribution >= 4 is 11.6 Å². The second-order valence-corrected chi connectivity index (χ2v) is 5.46. The number of nitriles is 1. The van der Waals surface area contributed by atoms with Gasteiger partial charge in [0.2, 0.25) is 0 Å². The molecule has 7 heteroatoms. The van der Waals surface area contributed by atoms with Gasteiger partial charge in [0, 0.05) is 26.2 Å². The maximum absolute atomic E-state index is 14.3. The fourth-order valence-electron chi connectivity index (χ4n) is 2.70. The average Bonchev–Trinajstić information content (AvgIpc) is 2.58. The van der Waals surface area contributed by atoms with Gasteiger partial charge in [0.15, 0.2) is 11.6 Å². The van der Waals surface area contributed by atoms with E-state index < -0.39 is 0 Å². The lowest BCUT2D eigenvalue weighted by Gasteiger charge is -2.36. The Morgan fingerprint density at radius 1 is 1.04 bits per heavy atom. The topological polar surface area (TPSA) is 68.9 Å². The summed E-state index contributed by atoms with van der Waals surface area (Å²) < 4.78 is 14.3. The Balaban J connectivity index is 1.75. The zero-order chi connectivity index (χ0) is 16.4. The molecule has 0 radical (unpaired) electrons. The van der Waals surface area contributed by atoms with Gasteiger partial charge >= 0.3 is 0 Å². The Hall–Kier alpha value is -2.75. The van der Waals surface area contributed by atoms with Crippen LogP contribution in [0.3, 0.4) is 0 Å². The SMILES string of the molecule is Cc1nc(C)c(F)c(N2CCN(c3cccc(C#N)n3)CC2)n1. The van der Waals surface area contributed by atoms with E-state index in [1.807, 2.05) is 23.1 Å². The molecule has 0 spiro atoms. The summed E-state index contributed by atoms with van der Waals surface area (Å²) in [6.07, 6.45) is 0. The number of aryl methyl sites for hydroxylation is 2. The molecule has 1 saturated heterocycles. The molecule has 0 aromatic carbocycles. The molecule has 3 heterocycles. The van der Waals surface area contributed by atoms with Crippen LogP contribution in [-0.4, -0.2) is 41.1 Å². The minimum Gasteiger partial charge on any atom is -0.353 e. The Bertz CT molecular complexity index is 762. The van der Waals surface area contributed by atoms with Gasteiger partial charge < -0.3 is 9.80 Å². The molecule has 118 valence electrons. The number of anilines is 2. The maximum Gasteiger partial charge on any atom is 0.186 e. The molecule has 0 amide bonds. The minimum absolute atomic E-state index is 0.353. The van der Waals surface area contributed by atoms with Gasteiger partial charge in [-0.2, -0.15) is 5.26 Å². The van der Waals surface area contributed by atoms with Gasteiger partial charge in [0.25, 0.3) is 0 Å². The molecule has 0 atom stereocenters. The van der Waals surface area contributed by atoms with Crippen molar-refractivity contribution in [2.45, 2.75) is 13.8 Å². The first-order valence-electron chi connectivity index (χ1n) is 7.46. The van der Waals surface area contributed by atoms with Gasteiger partial charge in [-0.05, 0) is 26.0 Å². The standard InChI is InChI=1S/C16H17FN6/c1-11-15(17)16(20-12(2)19-11)23-8-6-22(7-9-23)14-5-3-4-13(10-18)21-14/h3-5H,6-9H2,1-2H3. The zero-order valence-corrected chi connectivity index (χ0v) is 13.1. The third-order valence-corrected chi connectivity index (χ3v) is 3.86. The highest BCUT2D eigenvalue weighted by Crippen LogP contribution is 2.22. The molecule has 0 N–H and O–H groups in total. The first-order valence-corrected chi connectivity index (χ1v) is 7.46. The third-order valence-electron chi connectivity index (χ3n) is 3.86. The quantitative estimate of drug-likeness (QED) is 0.842. The van der Waals surface area contributed by atoms with Crippen LogP contribution in [-0.2, 0) is 0 Å². The van der Waals surface area contributed by atoms with Crippen LogP contribution >= 0.6 is 0 Å². The van der Waals surface area contributed by atoms with Crippen LogP contribution in [0.1, 0.15) is 17.2 Å². The largest absolute Gasteiger partial charge is 0.353 e. The van der Waals surface area contributed by atoms with Crippen LogP contribution in [0.4, 0.5) is 16.0 Å². The molecule has 0 bridgehead atoms. The first kappa shape index (κ1) is 15.2. The van der Waals surface area contributed by atoms with E-state index in [0.717, 1.165) is 5.82 Å². The van der Waals surface area contributed by atoms with E-state index in [0.29, 0.717) is 49.2 Å². The Morgan fingerprint density at radius 3 is 2.43 bits per heavy atom. The van der Waals surface area contributed by atoms with E-state index in [1.54, 1.807) is 19.9 Å². The van der Waals surface area contributed by atoms with Gasteiger partial charge in [-0.15, -0.1) is 0 Å².